The third-order valence-corrected chi connectivity index (χ3v) is 7.97. The SMILES string of the molecule is CCCCCCCCCCCCCCCCCC(=O)[O-].CCCCCCCCCCCCCCCCCC(=O)[O-].[BaH2].[Cd+2]. The third-order valence-electron chi connectivity index (χ3n) is 7.97. The van der Waals surface area contributed by atoms with Crippen LogP contribution in [0.25, 0.3) is 0 Å². The average molecular weight is 819 g/mol. The van der Waals surface area contributed by atoms with Crippen molar-refractivity contribution in [1.29, 1.82) is 0 Å². The van der Waals surface area contributed by atoms with Crippen molar-refractivity contribution < 1.29 is 47.1 Å². The van der Waals surface area contributed by atoms with E-state index in [1.807, 2.05) is 0 Å². The maximum atomic E-state index is 10.2. The van der Waals surface area contributed by atoms with Crippen LogP contribution in [0.1, 0.15) is 219 Å². The van der Waals surface area contributed by atoms with Gasteiger partial charge < -0.3 is 19.8 Å². The van der Waals surface area contributed by atoms with Crippen LogP contribution in [-0.4, -0.2) is 60.8 Å². The number of hydrogen-bond donors (Lipinski definition) is 0. The molecular formula is C36H72BaCdO4. The largest absolute Gasteiger partial charge is 2.00 e. The summed E-state index contributed by atoms with van der Waals surface area (Å²) in [5.74, 6) is -1.81. The van der Waals surface area contributed by atoms with Crippen molar-refractivity contribution in [3.63, 3.8) is 0 Å². The number of carboxylic acids is 2. The fraction of sp³-hybridized carbons (Fsp3) is 0.944. The van der Waals surface area contributed by atoms with Crippen molar-refractivity contribution in [1.82, 2.24) is 0 Å². The van der Waals surface area contributed by atoms with Crippen LogP contribution in [-0.2, 0) is 36.9 Å². The maximum absolute atomic E-state index is 10.2. The fourth-order valence-corrected chi connectivity index (χ4v) is 5.28. The van der Waals surface area contributed by atoms with Crippen LogP contribution in [0.4, 0.5) is 0 Å². The monoisotopic (exact) mass is 820 g/mol. The van der Waals surface area contributed by atoms with Gasteiger partial charge >= 0.3 is 76.2 Å². The van der Waals surface area contributed by atoms with E-state index in [1.54, 1.807) is 0 Å². The average Bonchev–Trinajstić information content (AvgIpc) is 2.93. The van der Waals surface area contributed by atoms with E-state index in [0.717, 1.165) is 25.7 Å². The van der Waals surface area contributed by atoms with Crippen LogP contribution in [0.5, 0.6) is 0 Å². The summed E-state index contributed by atoms with van der Waals surface area (Å²) in [6.45, 7) is 4.53. The molecule has 0 saturated carbocycles. The van der Waals surface area contributed by atoms with Gasteiger partial charge in [-0.05, 0) is 25.7 Å². The first-order chi connectivity index (χ1) is 19.5. The minimum atomic E-state index is -0.903. The summed E-state index contributed by atoms with van der Waals surface area (Å²) in [6.07, 6.45) is 39.7. The molecule has 4 nitrogen and oxygen atoms in total. The molecule has 0 bridgehead atoms. The van der Waals surface area contributed by atoms with Gasteiger partial charge in [0.2, 0.25) is 0 Å². The molecule has 0 aliphatic rings. The molecule has 0 aliphatic carbocycles. The first-order valence-electron chi connectivity index (χ1n) is 17.9. The summed E-state index contributed by atoms with van der Waals surface area (Å²) in [7, 11) is 0. The smallest absolute Gasteiger partial charge is 2.00 e. The molecule has 42 heavy (non-hydrogen) atoms. The van der Waals surface area contributed by atoms with Gasteiger partial charge in [0.1, 0.15) is 0 Å². The van der Waals surface area contributed by atoms with Crippen molar-refractivity contribution >= 4 is 60.8 Å². The summed E-state index contributed by atoms with van der Waals surface area (Å²) in [4.78, 5) is 20.4. The molecule has 0 saturated heterocycles. The predicted octanol–water partition coefficient (Wildman–Crippen LogP) is 9.08. The Morgan fingerprint density at radius 3 is 0.619 bits per heavy atom. The van der Waals surface area contributed by atoms with E-state index >= 15 is 0 Å². The number of carboxylic acid groups (broad SMARTS) is 2. The maximum Gasteiger partial charge on any atom is 2.00 e. The van der Waals surface area contributed by atoms with Crippen molar-refractivity contribution in [3.05, 3.63) is 0 Å². The Kier molecular flexibility index (Phi) is 56.1. The normalized spacial score (nSPS) is 10.3. The number of hydrogen-bond acceptors (Lipinski definition) is 4. The van der Waals surface area contributed by atoms with Crippen LogP contribution >= 0.6 is 0 Å². The Hall–Kier alpha value is 1.43. The van der Waals surface area contributed by atoms with Crippen molar-refractivity contribution in [2.75, 3.05) is 0 Å². The van der Waals surface area contributed by atoms with Gasteiger partial charge in [0.25, 0.3) is 0 Å². The molecular weight excluding hydrogens is 746 g/mol. The summed E-state index contributed by atoms with van der Waals surface area (Å²) in [6, 6.07) is 0. The van der Waals surface area contributed by atoms with Crippen molar-refractivity contribution in [2.24, 2.45) is 0 Å². The van der Waals surface area contributed by atoms with Crippen LogP contribution in [0.15, 0.2) is 0 Å². The molecule has 0 unspecified atom stereocenters. The molecule has 0 spiro atoms. The quantitative estimate of drug-likeness (QED) is 0.0502. The summed E-state index contributed by atoms with van der Waals surface area (Å²) < 4.78 is 0. The second kappa shape index (κ2) is 46.8. The zero-order valence-electron chi connectivity index (χ0n) is 28.0. The van der Waals surface area contributed by atoms with Crippen molar-refractivity contribution in [3.8, 4) is 0 Å². The van der Waals surface area contributed by atoms with E-state index in [2.05, 4.69) is 13.8 Å². The second-order valence-electron chi connectivity index (χ2n) is 12.1. The number of rotatable bonds is 32. The standard InChI is InChI=1S/2C18H36O2.Ba.Cd.2H/c2*1-2-3-4-5-6-7-8-9-10-11-12-13-14-15-16-17-18(19)20;;;;/h2*2-17H2,1H3,(H,19,20);;;;/q;;;+2;;/p-2. The Bertz CT molecular complexity index is 461. The third kappa shape index (κ3) is 54.0. The number of aliphatic carboxylic acids is 2. The minimum Gasteiger partial charge on any atom is 2.00 e. The Labute approximate surface area is 323 Å². The molecule has 0 amide bonds. The number of carbonyl (C=O) groups is 2. The van der Waals surface area contributed by atoms with Crippen LogP contribution in [0.3, 0.4) is 0 Å². The van der Waals surface area contributed by atoms with Crippen LogP contribution in [0, 0.1) is 0 Å². The van der Waals surface area contributed by atoms with Gasteiger partial charge in [-0.2, -0.15) is 0 Å². The van der Waals surface area contributed by atoms with Gasteiger partial charge in [0, 0.05) is 11.9 Å². The molecule has 0 atom stereocenters. The van der Waals surface area contributed by atoms with Gasteiger partial charge in [0.05, 0.1) is 0 Å². The molecule has 0 aromatic carbocycles. The molecule has 0 aromatic heterocycles. The summed E-state index contributed by atoms with van der Waals surface area (Å²) >= 11 is 0. The van der Waals surface area contributed by atoms with Gasteiger partial charge in [-0.25, -0.2) is 0 Å². The zero-order valence-corrected chi connectivity index (χ0v) is 32.0. The van der Waals surface area contributed by atoms with Gasteiger partial charge in [0.15, 0.2) is 0 Å². The zero-order chi connectivity index (χ0) is 29.8. The molecule has 0 radical (unpaired) electrons. The Morgan fingerprint density at radius 1 is 0.333 bits per heavy atom. The molecule has 0 aliphatic heterocycles. The van der Waals surface area contributed by atoms with E-state index in [4.69, 9.17) is 0 Å². The van der Waals surface area contributed by atoms with E-state index in [1.165, 1.54) is 167 Å². The molecule has 0 rings (SSSR count). The van der Waals surface area contributed by atoms with E-state index in [0.29, 0.717) is 0 Å². The van der Waals surface area contributed by atoms with E-state index in [9.17, 15) is 19.8 Å². The van der Waals surface area contributed by atoms with Gasteiger partial charge in [-0.1, -0.05) is 194 Å². The molecule has 0 N–H and O–H groups in total. The summed E-state index contributed by atoms with van der Waals surface area (Å²) in [5.41, 5.74) is 0. The summed E-state index contributed by atoms with van der Waals surface area (Å²) in [5, 5.41) is 20.4. The molecule has 0 aromatic rings. The first kappa shape index (κ1) is 50.3. The minimum absolute atomic E-state index is 0. The second-order valence-corrected chi connectivity index (χ2v) is 12.1. The van der Waals surface area contributed by atoms with Crippen LogP contribution < -0.4 is 10.2 Å². The van der Waals surface area contributed by atoms with Crippen molar-refractivity contribution in [2.45, 2.75) is 219 Å². The molecule has 6 heteroatoms. The number of carbonyl (C=O) groups excluding carboxylic acids is 2. The Balaban J connectivity index is -0.000000328. The van der Waals surface area contributed by atoms with Gasteiger partial charge in [-0.15, -0.1) is 0 Å². The van der Waals surface area contributed by atoms with E-state index in [-0.39, 0.29) is 89.0 Å². The molecule has 244 valence electrons. The fourth-order valence-electron chi connectivity index (χ4n) is 5.28. The first-order valence-corrected chi connectivity index (χ1v) is 17.9. The molecule has 0 heterocycles. The van der Waals surface area contributed by atoms with Gasteiger partial charge in [-0.3, -0.25) is 0 Å². The molecule has 0 fully saturated rings. The van der Waals surface area contributed by atoms with E-state index < -0.39 is 11.9 Å². The Morgan fingerprint density at radius 2 is 0.476 bits per heavy atom. The van der Waals surface area contributed by atoms with Crippen LogP contribution in [0.2, 0.25) is 0 Å². The topological polar surface area (TPSA) is 80.3 Å². The number of unbranched alkanes of at least 4 members (excludes halogenated alkanes) is 28. The predicted molar refractivity (Wildman–Crippen MR) is 178 cm³/mol.